The van der Waals surface area contributed by atoms with Gasteiger partial charge in [-0.3, -0.25) is 4.79 Å². The fraction of sp³-hybridized carbons (Fsp3) is 0.583. The molecule has 1 aromatic heterocycles. The van der Waals surface area contributed by atoms with E-state index in [2.05, 4.69) is 19.2 Å². The van der Waals surface area contributed by atoms with Crippen LogP contribution >= 0.6 is 11.3 Å². The first-order valence-electron chi connectivity index (χ1n) is 5.37. The van der Waals surface area contributed by atoms with Gasteiger partial charge < -0.3 is 0 Å². The summed E-state index contributed by atoms with van der Waals surface area (Å²) in [6.07, 6.45) is 6.76. The summed E-state index contributed by atoms with van der Waals surface area (Å²) in [4.78, 5) is 11.7. The molecule has 1 nitrogen and oxygen atoms in total. The van der Waals surface area contributed by atoms with Crippen LogP contribution in [0.25, 0.3) is 0 Å². The van der Waals surface area contributed by atoms with Crippen LogP contribution in [0.2, 0.25) is 0 Å². The number of aryl methyl sites for hydroxylation is 1. The Bertz CT molecular complexity index is 289. The first-order chi connectivity index (χ1) is 6.83. The molecule has 1 heterocycles. The number of hydrogen-bond donors (Lipinski definition) is 0. The fourth-order valence-corrected chi connectivity index (χ4v) is 2.61. The lowest BCUT2D eigenvalue weighted by Gasteiger charge is -2.02. The number of aldehydes is 1. The van der Waals surface area contributed by atoms with Crippen LogP contribution in [0.1, 0.15) is 53.9 Å². The molecule has 78 valence electrons. The van der Waals surface area contributed by atoms with E-state index < -0.39 is 0 Å². The molecule has 14 heavy (non-hydrogen) atoms. The maximum absolute atomic E-state index is 10.8. The minimum atomic E-state index is 0.943. The summed E-state index contributed by atoms with van der Waals surface area (Å²) < 4.78 is 0. The van der Waals surface area contributed by atoms with Gasteiger partial charge in [0.1, 0.15) is 0 Å². The lowest BCUT2D eigenvalue weighted by atomic mass is 10.0. The Morgan fingerprint density at radius 2 is 2.07 bits per heavy atom. The molecule has 0 unspecified atom stereocenters. The zero-order chi connectivity index (χ0) is 10.4. The average Bonchev–Trinajstić information content (AvgIpc) is 2.58. The van der Waals surface area contributed by atoms with Crippen molar-refractivity contribution in [1.82, 2.24) is 0 Å². The van der Waals surface area contributed by atoms with Gasteiger partial charge in [-0.05, 0) is 35.8 Å². The van der Waals surface area contributed by atoms with Crippen LogP contribution < -0.4 is 0 Å². The summed E-state index contributed by atoms with van der Waals surface area (Å²) in [5.41, 5.74) is 2.71. The number of thiophene rings is 1. The van der Waals surface area contributed by atoms with E-state index in [1.165, 1.54) is 24.0 Å². The Kier molecular flexibility index (Phi) is 4.88. The van der Waals surface area contributed by atoms with Gasteiger partial charge in [-0.25, -0.2) is 0 Å². The van der Waals surface area contributed by atoms with Crippen LogP contribution in [-0.2, 0) is 12.8 Å². The van der Waals surface area contributed by atoms with E-state index >= 15 is 0 Å². The molecule has 0 fully saturated rings. The number of unbranched alkanes of at least 4 members (excludes halogenated alkanes) is 1. The van der Waals surface area contributed by atoms with Crippen LogP contribution in [0.3, 0.4) is 0 Å². The molecule has 0 bridgehead atoms. The van der Waals surface area contributed by atoms with Gasteiger partial charge in [0, 0.05) is 0 Å². The molecule has 0 amide bonds. The van der Waals surface area contributed by atoms with Crippen molar-refractivity contribution in [2.75, 3.05) is 0 Å². The maximum atomic E-state index is 10.8. The van der Waals surface area contributed by atoms with E-state index in [-0.39, 0.29) is 0 Å². The minimum absolute atomic E-state index is 0.943. The van der Waals surface area contributed by atoms with E-state index in [1.807, 2.05) is 0 Å². The standard InChI is InChI=1S/C12H18OS/c1-3-5-7-10-9-14-12(8-13)11(10)6-4-2/h8-9H,3-7H2,1-2H3. The molecule has 0 aromatic carbocycles. The highest BCUT2D eigenvalue weighted by Crippen LogP contribution is 2.24. The van der Waals surface area contributed by atoms with Crippen molar-refractivity contribution in [3.63, 3.8) is 0 Å². The van der Waals surface area contributed by atoms with Crippen molar-refractivity contribution >= 4 is 17.6 Å². The third kappa shape index (κ3) is 2.68. The Balaban J connectivity index is 2.80. The molecule has 0 atom stereocenters. The van der Waals surface area contributed by atoms with Gasteiger partial charge in [0.25, 0.3) is 0 Å². The molecule has 0 saturated carbocycles. The highest BCUT2D eigenvalue weighted by Gasteiger charge is 2.09. The SMILES string of the molecule is CCCCc1csc(C=O)c1CCC. The second-order valence-electron chi connectivity index (χ2n) is 3.58. The lowest BCUT2D eigenvalue weighted by molar-refractivity contribution is 0.112. The first-order valence-corrected chi connectivity index (χ1v) is 6.25. The van der Waals surface area contributed by atoms with Crippen molar-refractivity contribution < 1.29 is 4.79 Å². The number of rotatable bonds is 6. The monoisotopic (exact) mass is 210 g/mol. The zero-order valence-electron chi connectivity index (χ0n) is 9.01. The van der Waals surface area contributed by atoms with Gasteiger partial charge >= 0.3 is 0 Å². The quantitative estimate of drug-likeness (QED) is 0.652. The molecule has 1 rings (SSSR count). The molecule has 0 aliphatic rings. The van der Waals surface area contributed by atoms with Crippen molar-refractivity contribution in [3.05, 3.63) is 21.4 Å². The summed E-state index contributed by atoms with van der Waals surface area (Å²) in [6.45, 7) is 4.36. The van der Waals surface area contributed by atoms with Gasteiger partial charge in [0.15, 0.2) is 6.29 Å². The predicted octanol–water partition coefficient (Wildman–Crippen LogP) is 3.86. The Labute approximate surface area is 90.2 Å². The molecule has 0 spiro atoms. The second kappa shape index (κ2) is 5.97. The lowest BCUT2D eigenvalue weighted by Crippen LogP contribution is -1.93. The fourth-order valence-electron chi connectivity index (χ4n) is 1.64. The molecule has 0 radical (unpaired) electrons. The van der Waals surface area contributed by atoms with Crippen molar-refractivity contribution in [1.29, 1.82) is 0 Å². The number of carbonyl (C=O) groups is 1. The highest BCUT2D eigenvalue weighted by atomic mass is 32.1. The molecule has 0 saturated heterocycles. The van der Waals surface area contributed by atoms with E-state index in [0.717, 1.165) is 30.4 Å². The molecular formula is C12H18OS. The molecule has 0 aliphatic carbocycles. The summed E-state index contributed by atoms with van der Waals surface area (Å²) >= 11 is 1.60. The summed E-state index contributed by atoms with van der Waals surface area (Å²) in [5.74, 6) is 0. The molecule has 1 aromatic rings. The summed E-state index contributed by atoms with van der Waals surface area (Å²) in [7, 11) is 0. The Hall–Kier alpha value is -0.630. The smallest absolute Gasteiger partial charge is 0.160 e. The maximum Gasteiger partial charge on any atom is 0.160 e. The van der Waals surface area contributed by atoms with Crippen LogP contribution in [0, 0.1) is 0 Å². The summed E-state index contributed by atoms with van der Waals surface area (Å²) in [5, 5.41) is 2.16. The third-order valence-corrected chi connectivity index (χ3v) is 3.42. The zero-order valence-corrected chi connectivity index (χ0v) is 9.82. The van der Waals surface area contributed by atoms with Crippen molar-refractivity contribution in [2.24, 2.45) is 0 Å². The third-order valence-electron chi connectivity index (χ3n) is 2.42. The van der Waals surface area contributed by atoms with E-state index in [1.54, 1.807) is 11.3 Å². The van der Waals surface area contributed by atoms with Crippen LogP contribution in [0.15, 0.2) is 5.38 Å². The topological polar surface area (TPSA) is 17.1 Å². The first kappa shape index (κ1) is 11.4. The second-order valence-corrected chi connectivity index (χ2v) is 4.49. The van der Waals surface area contributed by atoms with E-state index in [4.69, 9.17) is 0 Å². The van der Waals surface area contributed by atoms with Crippen LogP contribution in [-0.4, -0.2) is 6.29 Å². The molecular weight excluding hydrogens is 192 g/mol. The predicted molar refractivity (Wildman–Crippen MR) is 62.3 cm³/mol. The van der Waals surface area contributed by atoms with Gasteiger partial charge in [0.05, 0.1) is 4.88 Å². The largest absolute Gasteiger partial charge is 0.297 e. The Morgan fingerprint density at radius 3 is 2.64 bits per heavy atom. The van der Waals surface area contributed by atoms with Crippen molar-refractivity contribution in [3.8, 4) is 0 Å². The molecule has 0 aliphatic heterocycles. The van der Waals surface area contributed by atoms with Crippen LogP contribution in [0.5, 0.6) is 0 Å². The highest BCUT2D eigenvalue weighted by molar-refractivity contribution is 7.12. The molecule has 2 heteroatoms. The van der Waals surface area contributed by atoms with Gasteiger partial charge in [0.2, 0.25) is 0 Å². The van der Waals surface area contributed by atoms with Gasteiger partial charge in [-0.15, -0.1) is 11.3 Å². The van der Waals surface area contributed by atoms with Crippen molar-refractivity contribution in [2.45, 2.75) is 46.0 Å². The van der Waals surface area contributed by atoms with Gasteiger partial charge in [-0.1, -0.05) is 26.7 Å². The van der Waals surface area contributed by atoms with Gasteiger partial charge in [-0.2, -0.15) is 0 Å². The minimum Gasteiger partial charge on any atom is -0.297 e. The number of carbonyl (C=O) groups excluding carboxylic acids is 1. The average molecular weight is 210 g/mol. The van der Waals surface area contributed by atoms with Crippen LogP contribution in [0.4, 0.5) is 0 Å². The summed E-state index contributed by atoms with van der Waals surface area (Å²) in [6, 6.07) is 0. The Morgan fingerprint density at radius 1 is 1.29 bits per heavy atom. The van der Waals surface area contributed by atoms with E-state index in [0.29, 0.717) is 0 Å². The van der Waals surface area contributed by atoms with E-state index in [9.17, 15) is 4.79 Å². The molecule has 0 N–H and O–H groups in total. The number of hydrogen-bond acceptors (Lipinski definition) is 2. The normalized spacial score (nSPS) is 10.4.